The number of thiazole rings is 2. The zero-order valence-corrected chi connectivity index (χ0v) is 16.5. The zero-order chi connectivity index (χ0) is 19.1. The number of carbonyl (C=O) groups is 1. The summed E-state index contributed by atoms with van der Waals surface area (Å²) in [6.07, 6.45) is 1.61. The summed E-state index contributed by atoms with van der Waals surface area (Å²) in [5, 5.41) is 6.30. The number of amides is 1. The van der Waals surface area contributed by atoms with Gasteiger partial charge in [-0.05, 0) is 30.3 Å². The Morgan fingerprint density at radius 2 is 2.21 bits per heavy atom. The van der Waals surface area contributed by atoms with Gasteiger partial charge < -0.3 is 19.4 Å². The number of methoxy groups -OCH3 is 1. The second kappa shape index (κ2) is 6.92. The van der Waals surface area contributed by atoms with E-state index in [0.29, 0.717) is 24.0 Å². The van der Waals surface area contributed by atoms with Crippen LogP contribution in [-0.2, 0) is 4.79 Å². The quantitative estimate of drug-likeness (QED) is 0.532. The van der Waals surface area contributed by atoms with Gasteiger partial charge in [0.15, 0.2) is 16.0 Å². The van der Waals surface area contributed by atoms with Crippen LogP contribution in [0.5, 0.6) is 5.75 Å². The topological polar surface area (TPSA) is 80.5 Å². The van der Waals surface area contributed by atoms with E-state index in [1.54, 1.807) is 24.7 Å². The molecule has 0 bridgehead atoms. The first kappa shape index (κ1) is 17.2. The van der Waals surface area contributed by atoms with Gasteiger partial charge in [0.1, 0.15) is 11.4 Å². The third-order valence-corrected chi connectivity index (χ3v) is 6.45. The third kappa shape index (κ3) is 3.12. The van der Waals surface area contributed by atoms with Gasteiger partial charge in [0, 0.05) is 18.5 Å². The second-order valence-electron chi connectivity index (χ2n) is 6.44. The van der Waals surface area contributed by atoms with Crippen LogP contribution in [0, 0.1) is 5.92 Å². The first-order valence-electron chi connectivity index (χ1n) is 8.69. The van der Waals surface area contributed by atoms with Gasteiger partial charge in [0.05, 0.1) is 29.5 Å². The minimum Gasteiger partial charge on any atom is -0.497 e. The average molecular weight is 412 g/mol. The Kier molecular flexibility index (Phi) is 4.25. The highest BCUT2D eigenvalue weighted by molar-refractivity contribution is 7.22. The summed E-state index contributed by atoms with van der Waals surface area (Å²) in [4.78, 5) is 23.7. The van der Waals surface area contributed by atoms with E-state index in [1.807, 2.05) is 35.7 Å². The molecule has 4 aromatic rings. The molecule has 4 heterocycles. The number of aromatic nitrogens is 2. The maximum absolute atomic E-state index is 12.5. The molecule has 3 aromatic heterocycles. The number of carbonyl (C=O) groups excluding carboxylic acids is 1. The van der Waals surface area contributed by atoms with Crippen molar-refractivity contribution in [2.45, 2.75) is 0 Å². The molecule has 1 aromatic carbocycles. The van der Waals surface area contributed by atoms with Crippen molar-refractivity contribution in [3.05, 3.63) is 42.0 Å². The monoisotopic (exact) mass is 412 g/mol. The zero-order valence-electron chi connectivity index (χ0n) is 14.9. The van der Waals surface area contributed by atoms with Gasteiger partial charge >= 0.3 is 0 Å². The van der Waals surface area contributed by atoms with E-state index in [-0.39, 0.29) is 11.8 Å². The van der Waals surface area contributed by atoms with E-state index in [9.17, 15) is 4.79 Å². The molecule has 1 aliphatic heterocycles. The maximum Gasteiger partial charge on any atom is 0.232 e. The molecule has 1 aliphatic rings. The summed E-state index contributed by atoms with van der Waals surface area (Å²) in [5.41, 5.74) is 1.67. The number of nitrogens with zero attached hydrogens (tertiary/aromatic N) is 3. The molecule has 0 spiro atoms. The fourth-order valence-electron chi connectivity index (χ4n) is 3.03. The molecule has 142 valence electrons. The van der Waals surface area contributed by atoms with Crippen LogP contribution < -0.4 is 15.0 Å². The lowest BCUT2D eigenvalue weighted by Crippen LogP contribution is -2.52. The summed E-state index contributed by atoms with van der Waals surface area (Å²) in [6, 6.07) is 9.51. The number of benzene rings is 1. The molecule has 5 rings (SSSR count). The maximum atomic E-state index is 12.5. The second-order valence-corrected chi connectivity index (χ2v) is 8.30. The van der Waals surface area contributed by atoms with Crippen LogP contribution in [0.3, 0.4) is 0 Å². The smallest absolute Gasteiger partial charge is 0.232 e. The Morgan fingerprint density at radius 1 is 1.32 bits per heavy atom. The van der Waals surface area contributed by atoms with E-state index < -0.39 is 0 Å². The van der Waals surface area contributed by atoms with Crippen molar-refractivity contribution < 1.29 is 13.9 Å². The Hall–Kier alpha value is -2.91. The van der Waals surface area contributed by atoms with Crippen LogP contribution in [-0.4, -0.2) is 36.1 Å². The van der Waals surface area contributed by atoms with Gasteiger partial charge in [-0.3, -0.25) is 4.79 Å². The molecule has 0 aliphatic carbocycles. The summed E-state index contributed by atoms with van der Waals surface area (Å²) in [6.45, 7) is 1.30. The Bertz CT molecular complexity index is 1130. The van der Waals surface area contributed by atoms with Crippen LogP contribution >= 0.6 is 22.7 Å². The highest BCUT2D eigenvalue weighted by atomic mass is 32.1. The molecule has 1 N–H and O–H groups in total. The number of hydrogen-bond donors (Lipinski definition) is 1. The van der Waals surface area contributed by atoms with Crippen molar-refractivity contribution in [1.29, 1.82) is 0 Å². The molecular formula is C19H16N4O3S2. The van der Waals surface area contributed by atoms with Crippen molar-refractivity contribution in [3.8, 4) is 17.2 Å². The lowest BCUT2D eigenvalue weighted by molar-refractivity contribution is -0.120. The van der Waals surface area contributed by atoms with Crippen LogP contribution in [0.2, 0.25) is 0 Å². The SMILES string of the molecule is COc1ccc2nc(N3CC(C(=O)Nc4nc(-c5ccco5)cs4)C3)sc2c1. The molecule has 0 unspecified atom stereocenters. The largest absolute Gasteiger partial charge is 0.497 e. The fourth-order valence-corrected chi connectivity index (χ4v) is 4.75. The molecule has 0 saturated carbocycles. The first-order valence-corrected chi connectivity index (χ1v) is 10.4. The Labute approximate surface area is 168 Å². The van der Waals surface area contributed by atoms with E-state index in [4.69, 9.17) is 9.15 Å². The Balaban J connectivity index is 1.21. The number of furan rings is 1. The Morgan fingerprint density at radius 3 is 3.00 bits per heavy atom. The molecule has 7 nitrogen and oxygen atoms in total. The van der Waals surface area contributed by atoms with Gasteiger partial charge in [-0.15, -0.1) is 11.3 Å². The van der Waals surface area contributed by atoms with Crippen LogP contribution in [0.4, 0.5) is 10.3 Å². The normalized spacial score (nSPS) is 14.2. The molecule has 9 heteroatoms. The van der Waals surface area contributed by atoms with Gasteiger partial charge in [-0.25, -0.2) is 9.97 Å². The van der Waals surface area contributed by atoms with Crippen LogP contribution in [0.15, 0.2) is 46.4 Å². The molecule has 28 heavy (non-hydrogen) atoms. The standard InChI is InChI=1S/C19H16N4O3S2/c1-25-12-4-5-13-16(7-12)28-19(21-13)23-8-11(9-23)17(24)22-18-20-14(10-27-18)15-3-2-6-26-15/h2-7,10-11H,8-9H2,1H3,(H,20,22,24). The van der Waals surface area contributed by atoms with Crippen molar-refractivity contribution in [1.82, 2.24) is 9.97 Å². The predicted octanol–water partition coefficient (Wildman–Crippen LogP) is 4.10. The molecule has 1 fully saturated rings. The van der Waals surface area contributed by atoms with Crippen molar-refractivity contribution in [2.24, 2.45) is 5.92 Å². The summed E-state index contributed by atoms with van der Waals surface area (Å²) >= 11 is 3.01. The number of fused-ring (bicyclic) bond motifs is 1. The van der Waals surface area contributed by atoms with Gasteiger partial charge in [-0.2, -0.15) is 0 Å². The van der Waals surface area contributed by atoms with Gasteiger partial charge in [0.2, 0.25) is 5.91 Å². The van der Waals surface area contributed by atoms with Gasteiger partial charge in [-0.1, -0.05) is 11.3 Å². The number of nitrogens with one attached hydrogen (secondary N) is 1. The summed E-state index contributed by atoms with van der Waals surface area (Å²) in [5.74, 6) is 1.43. The highest BCUT2D eigenvalue weighted by Crippen LogP contribution is 2.35. The minimum atomic E-state index is -0.0717. The summed E-state index contributed by atoms with van der Waals surface area (Å²) < 4.78 is 11.7. The highest BCUT2D eigenvalue weighted by Gasteiger charge is 2.34. The molecule has 1 saturated heterocycles. The molecular weight excluding hydrogens is 396 g/mol. The fraction of sp³-hybridized carbons (Fsp3) is 0.211. The number of hydrogen-bond acceptors (Lipinski definition) is 8. The summed E-state index contributed by atoms with van der Waals surface area (Å²) in [7, 11) is 1.65. The van der Waals surface area contributed by atoms with E-state index in [2.05, 4.69) is 20.2 Å². The van der Waals surface area contributed by atoms with Crippen molar-refractivity contribution >= 4 is 49.1 Å². The number of ether oxygens (including phenoxy) is 1. The van der Waals surface area contributed by atoms with E-state index in [1.165, 1.54) is 11.3 Å². The molecule has 0 radical (unpaired) electrons. The number of anilines is 2. The first-order chi connectivity index (χ1) is 13.7. The third-order valence-electron chi connectivity index (χ3n) is 4.62. The lowest BCUT2D eigenvalue weighted by atomic mass is 10.0. The van der Waals surface area contributed by atoms with E-state index in [0.717, 1.165) is 26.8 Å². The predicted molar refractivity (Wildman–Crippen MR) is 110 cm³/mol. The van der Waals surface area contributed by atoms with Crippen molar-refractivity contribution in [3.63, 3.8) is 0 Å². The average Bonchev–Trinajstić information content (AvgIpc) is 3.39. The minimum absolute atomic E-state index is 0.0145. The molecule has 1 amide bonds. The molecule has 0 atom stereocenters. The van der Waals surface area contributed by atoms with Gasteiger partial charge in [0.25, 0.3) is 0 Å². The van der Waals surface area contributed by atoms with Crippen LogP contribution in [0.1, 0.15) is 0 Å². The van der Waals surface area contributed by atoms with E-state index >= 15 is 0 Å². The van der Waals surface area contributed by atoms with Crippen molar-refractivity contribution in [2.75, 3.05) is 30.4 Å². The number of rotatable bonds is 5. The van der Waals surface area contributed by atoms with Crippen LogP contribution in [0.25, 0.3) is 21.7 Å². The lowest BCUT2D eigenvalue weighted by Gasteiger charge is -2.37.